The molecule has 124 valence electrons. The molecule has 6 heteroatoms. The second-order valence-electron chi connectivity index (χ2n) is 5.79. The Morgan fingerprint density at radius 1 is 1.46 bits per heavy atom. The number of hydrogen-bond acceptors (Lipinski definition) is 5. The number of rotatable bonds is 4. The van der Waals surface area contributed by atoms with E-state index in [1.165, 1.54) is 7.11 Å². The summed E-state index contributed by atoms with van der Waals surface area (Å²) < 4.78 is 6.91. The second kappa shape index (κ2) is 7.10. The van der Waals surface area contributed by atoms with Crippen molar-refractivity contribution in [3.63, 3.8) is 0 Å². The molecule has 0 N–H and O–H groups in total. The highest BCUT2D eigenvalue weighted by Gasteiger charge is 2.26. The number of nitriles is 1. The highest BCUT2D eigenvalue weighted by molar-refractivity contribution is 7.98. The molecule has 1 aromatic heterocycles. The predicted molar refractivity (Wildman–Crippen MR) is 92.0 cm³/mol. The summed E-state index contributed by atoms with van der Waals surface area (Å²) in [6.07, 6.45) is 3.01. The fourth-order valence-corrected chi connectivity index (χ4v) is 4.10. The van der Waals surface area contributed by atoms with Crippen LogP contribution in [0, 0.1) is 18.3 Å². The van der Waals surface area contributed by atoms with Crippen LogP contribution in [0.25, 0.3) is 0 Å². The van der Waals surface area contributed by atoms with E-state index in [0.717, 1.165) is 47.7 Å². The van der Waals surface area contributed by atoms with Crippen molar-refractivity contribution in [2.24, 2.45) is 0 Å². The van der Waals surface area contributed by atoms with Crippen LogP contribution in [0.3, 0.4) is 0 Å². The first-order chi connectivity index (χ1) is 11.7. The Labute approximate surface area is 145 Å². The van der Waals surface area contributed by atoms with Gasteiger partial charge in [0.2, 0.25) is 0 Å². The molecular formula is C18H19N3O2S. The summed E-state index contributed by atoms with van der Waals surface area (Å²) in [5, 5.41) is 13.9. The van der Waals surface area contributed by atoms with E-state index in [-0.39, 0.29) is 5.97 Å². The fourth-order valence-electron chi connectivity index (χ4n) is 3.06. The molecule has 1 aromatic carbocycles. The van der Waals surface area contributed by atoms with Gasteiger partial charge in [-0.3, -0.25) is 4.68 Å². The maximum absolute atomic E-state index is 12.2. The molecule has 0 amide bonds. The Balaban J connectivity index is 1.93. The highest BCUT2D eigenvalue weighted by atomic mass is 32.2. The van der Waals surface area contributed by atoms with Gasteiger partial charge in [-0.1, -0.05) is 12.1 Å². The van der Waals surface area contributed by atoms with Crippen molar-refractivity contribution in [2.45, 2.75) is 43.4 Å². The Hall–Kier alpha value is -2.26. The topological polar surface area (TPSA) is 67.9 Å². The SMILES string of the molecule is COC(=O)c1c(CSc2c(C)cccc2C#N)nn2c1CCCC2. The number of aryl methyl sites for hydroxylation is 2. The van der Waals surface area contributed by atoms with Gasteiger partial charge < -0.3 is 4.74 Å². The molecule has 0 spiro atoms. The third-order valence-corrected chi connectivity index (χ3v) is 5.49. The number of aromatic nitrogens is 2. The Bertz CT molecular complexity index is 820. The lowest BCUT2D eigenvalue weighted by atomic mass is 10.1. The van der Waals surface area contributed by atoms with Gasteiger partial charge in [0.25, 0.3) is 0 Å². The van der Waals surface area contributed by atoms with Crippen LogP contribution in [0.5, 0.6) is 0 Å². The monoisotopic (exact) mass is 341 g/mol. The Morgan fingerprint density at radius 2 is 2.29 bits per heavy atom. The number of benzene rings is 1. The number of fused-ring (bicyclic) bond motifs is 1. The maximum Gasteiger partial charge on any atom is 0.341 e. The standard InChI is InChI=1S/C18H19N3O2S/c1-12-6-5-7-13(10-19)17(12)24-11-14-16(18(22)23-2)15-8-3-4-9-21(15)20-14/h5-7H,3-4,8-9,11H2,1-2H3. The van der Waals surface area contributed by atoms with E-state index in [2.05, 4.69) is 11.2 Å². The van der Waals surface area contributed by atoms with Crippen molar-refractivity contribution in [1.29, 1.82) is 5.26 Å². The summed E-state index contributed by atoms with van der Waals surface area (Å²) in [5.74, 6) is 0.225. The molecule has 24 heavy (non-hydrogen) atoms. The van der Waals surface area contributed by atoms with E-state index in [9.17, 15) is 10.1 Å². The predicted octanol–water partition coefficient (Wildman–Crippen LogP) is 3.48. The van der Waals surface area contributed by atoms with E-state index < -0.39 is 0 Å². The molecule has 3 rings (SSSR count). The van der Waals surface area contributed by atoms with Gasteiger partial charge in [0.1, 0.15) is 11.6 Å². The van der Waals surface area contributed by atoms with Crippen LogP contribution in [-0.4, -0.2) is 22.9 Å². The average molecular weight is 341 g/mol. The van der Waals surface area contributed by atoms with E-state index in [4.69, 9.17) is 4.74 Å². The molecule has 2 aromatic rings. The van der Waals surface area contributed by atoms with Gasteiger partial charge in [0, 0.05) is 17.2 Å². The average Bonchev–Trinajstić information content (AvgIpc) is 2.98. The Kier molecular flexibility index (Phi) is 4.91. The van der Waals surface area contributed by atoms with E-state index in [1.807, 2.05) is 29.8 Å². The molecule has 2 heterocycles. The molecule has 5 nitrogen and oxygen atoms in total. The van der Waals surface area contributed by atoms with E-state index >= 15 is 0 Å². The zero-order chi connectivity index (χ0) is 17.1. The normalized spacial score (nSPS) is 13.2. The number of methoxy groups -OCH3 is 1. The molecule has 0 fully saturated rings. The van der Waals surface area contributed by atoms with Crippen molar-refractivity contribution >= 4 is 17.7 Å². The molecule has 0 radical (unpaired) electrons. The summed E-state index contributed by atoms with van der Waals surface area (Å²) in [7, 11) is 1.40. The van der Waals surface area contributed by atoms with Crippen molar-refractivity contribution < 1.29 is 9.53 Å². The first-order valence-corrected chi connectivity index (χ1v) is 8.93. The van der Waals surface area contributed by atoms with Crippen LogP contribution < -0.4 is 0 Å². The maximum atomic E-state index is 12.2. The van der Waals surface area contributed by atoms with E-state index in [1.54, 1.807) is 11.8 Å². The first kappa shape index (κ1) is 16.6. The lowest BCUT2D eigenvalue weighted by Gasteiger charge is -2.13. The number of ether oxygens (including phenoxy) is 1. The number of carbonyl (C=O) groups is 1. The largest absolute Gasteiger partial charge is 0.465 e. The van der Waals surface area contributed by atoms with Gasteiger partial charge in [-0.25, -0.2) is 4.79 Å². The van der Waals surface area contributed by atoms with Crippen molar-refractivity contribution in [2.75, 3.05) is 7.11 Å². The van der Waals surface area contributed by atoms with Crippen molar-refractivity contribution in [1.82, 2.24) is 9.78 Å². The second-order valence-corrected chi connectivity index (χ2v) is 6.78. The molecular weight excluding hydrogens is 322 g/mol. The van der Waals surface area contributed by atoms with Gasteiger partial charge in [0.15, 0.2) is 0 Å². The molecule has 0 saturated carbocycles. The summed E-state index contributed by atoms with van der Waals surface area (Å²) in [6.45, 7) is 2.83. The fraction of sp³-hybridized carbons (Fsp3) is 0.389. The zero-order valence-electron chi connectivity index (χ0n) is 13.8. The van der Waals surface area contributed by atoms with Crippen LogP contribution in [0.1, 0.15) is 45.7 Å². The van der Waals surface area contributed by atoms with Crippen LogP contribution in [0.2, 0.25) is 0 Å². The molecule has 1 aliphatic rings. The molecule has 0 atom stereocenters. The molecule has 1 aliphatic heterocycles. The number of esters is 1. The lowest BCUT2D eigenvalue weighted by molar-refractivity contribution is 0.0598. The summed E-state index contributed by atoms with van der Waals surface area (Å²) in [5.41, 5.74) is 4.05. The van der Waals surface area contributed by atoms with Gasteiger partial charge in [-0.2, -0.15) is 10.4 Å². The Morgan fingerprint density at radius 3 is 3.04 bits per heavy atom. The number of nitrogens with zero attached hydrogens (tertiary/aromatic N) is 3. The summed E-state index contributed by atoms with van der Waals surface area (Å²) in [6, 6.07) is 7.92. The lowest BCUT2D eigenvalue weighted by Crippen LogP contribution is -2.14. The quantitative estimate of drug-likeness (QED) is 0.629. The third-order valence-electron chi connectivity index (χ3n) is 4.24. The van der Waals surface area contributed by atoms with Crippen LogP contribution in [0.4, 0.5) is 0 Å². The van der Waals surface area contributed by atoms with Crippen molar-refractivity contribution in [3.8, 4) is 6.07 Å². The minimum atomic E-state index is -0.320. The molecule has 0 aliphatic carbocycles. The van der Waals surface area contributed by atoms with Crippen LogP contribution >= 0.6 is 11.8 Å². The third kappa shape index (κ3) is 3.04. The van der Waals surface area contributed by atoms with Gasteiger partial charge in [-0.15, -0.1) is 11.8 Å². The zero-order valence-corrected chi connectivity index (χ0v) is 14.7. The van der Waals surface area contributed by atoms with Gasteiger partial charge >= 0.3 is 5.97 Å². The number of thioether (sulfide) groups is 1. The highest BCUT2D eigenvalue weighted by Crippen LogP contribution is 2.32. The smallest absolute Gasteiger partial charge is 0.341 e. The number of hydrogen-bond donors (Lipinski definition) is 0. The molecule has 0 bridgehead atoms. The van der Waals surface area contributed by atoms with Crippen LogP contribution in [-0.2, 0) is 23.5 Å². The van der Waals surface area contributed by atoms with Gasteiger partial charge in [-0.05, 0) is 37.8 Å². The summed E-state index contributed by atoms with van der Waals surface area (Å²) >= 11 is 1.55. The first-order valence-electron chi connectivity index (χ1n) is 7.95. The molecule has 0 unspecified atom stereocenters. The van der Waals surface area contributed by atoms with Gasteiger partial charge in [0.05, 0.1) is 24.1 Å². The van der Waals surface area contributed by atoms with Crippen molar-refractivity contribution in [3.05, 3.63) is 46.3 Å². The van der Waals surface area contributed by atoms with Crippen LogP contribution in [0.15, 0.2) is 23.1 Å². The minimum absolute atomic E-state index is 0.320. The van der Waals surface area contributed by atoms with E-state index in [0.29, 0.717) is 16.9 Å². The summed E-state index contributed by atoms with van der Waals surface area (Å²) in [4.78, 5) is 13.2. The molecule has 0 saturated heterocycles. The number of carbonyl (C=O) groups excluding carboxylic acids is 1. The minimum Gasteiger partial charge on any atom is -0.465 e.